The first-order valence-corrected chi connectivity index (χ1v) is 8.82. The monoisotopic (exact) mass is 368 g/mol. The Labute approximate surface area is 156 Å². The van der Waals surface area contributed by atoms with Crippen LogP contribution < -0.4 is 10.6 Å². The van der Waals surface area contributed by atoms with E-state index in [1.54, 1.807) is 13.0 Å². The lowest BCUT2D eigenvalue weighted by atomic mass is 10.2. The van der Waals surface area contributed by atoms with E-state index in [-0.39, 0.29) is 24.2 Å². The molecule has 0 aromatic rings. The molecular weight excluding hydrogens is 336 g/mol. The number of amides is 2. The van der Waals surface area contributed by atoms with Crippen molar-refractivity contribution < 1.29 is 23.9 Å². The second-order valence-electron chi connectivity index (χ2n) is 6.51. The molecule has 148 valence electrons. The lowest BCUT2D eigenvalue weighted by molar-refractivity contribution is -0.151. The fourth-order valence-corrected chi connectivity index (χ4v) is 1.98. The third-order valence-corrected chi connectivity index (χ3v) is 3.51. The number of rotatable bonds is 11. The molecule has 0 spiro atoms. The maximum Gasteiger partial charge on any atom is 0.328 e. The highest BCUT2D eigenvalue weighted by Crippen LogP contribution is 2.04. The molecule has 2 N–H and O–H groups in total. The topological polar surface area (TPSA) is 93.7 Å². The van der Waals surface area contributed by atoms with Crippen molar-refractivity contribution in [2.24, 2.45) is 0 Å². The van der Waals surface area contributed by atoms with Crippen LogP contribution in [0.15, 0.2) is 24.8 Å². The van der Waals surface area contributed by atoms with Gasteiger partial charge in [0.15, 0.2) is 0 Å². The minimum absolute atomic E-state index is 0.0917. The third-order valence-electron chi connectivity index (χ3n) is 3.51. The van der Waals surface area contributed by atoms with Gasteiger partial charge in [0.1, 0.15) is 12.1 Å². The molecule has 26 heavy (non-hydrogen) atoms. The van der Waals surface area contributed by atoms with Gasteiger partial charge in [0.05, 0.1) is 18.2 Å². The summed E-state index contributed by atoms with van der Waals surface area (Å²) in [7, 11) is 0. The summed E-state index contributed by atoms with van der Waals surface area (Å²) in [4.78, 5) is 34.9. The van der Waals surface area contributed by atoms with E-state index >= 15 is 0 Å². The van der Waals surface area contributed by atoms with Gasteiger partial charge in [0, 0.05) is 6.42 Å². The van der Waals surface area contributed by atoms with E-state index in [0.717, 1.165) is 6.08 Å². The zero-order chi connectivity index (χ0) is 20.3. The van der Waals surface area contributed by atoms with Gasteiger partial charge in [-0.15, -0.1) is 0 Å². The Hall–Kier alpha value is -2.15. The molecule has 2 amide bonds. The Morgan fingerprint density at radius 3 is 2.15 bits per heavy atom. The first-order valence-electron chi connectivity index (χ1n) is 8.82. The first kappa shape index (κ1) is 23.9. The van der Waals surface area contributed by atoms with Crippen LogP contribution in [-0.4, -0.2) is 48.2 Å². The lowest BCUT2D eigenvalue weighted by Gasteiger charge is -2.23. The highest BCUT2D eigenvalue weighted by Gasteiger charge is 2.18. The van der Waals surface area contributed by atoms with Gasteiger partial charge in [-0.05, 0) is 53.7 Å². The minimum Gasteiger partial charge on any atom is -0.461 e. The molecule has 0 rings (SSSR count). The molecule has 0 radical (unpaired) electrons. The Bertz CT molecular complexity index is 516. The molecule has 0 saturated carbocycles. The van der Waals surface area contributed by atoms with Gasteiger partial charge in [-0.25, -0.2) is 4.79 Å². The standard InChI is InChI=1S/C19H32N2O5/c1-8-17(22)21-15(6)19(24)26-13(4)10-9-11-18(23)20-14(5)16(7)25-12(2)3/h8-9,11-16H,1,10H2,2-7H3,(H,20,23)(H,21,22)/b11-9+/t13?,14?,15-,16?/m1/s1. The fraction of sp³-hybridized carbons (Fsp3) is 0.632. The van der Waals surface area contributed by atoms with Crippen LogP contribution in [0.25, 0.3) is 0 Å². The van der Waals surface area contributed by atoms with Crippen LogP contribution in [0.5, 0.6) is 0 Å². The van der Waals surface area contributed by atoms with Crippen molar-refractivity contribution >= 4 is 17.8 Å². The highest BCUT2D eigenvalue weighted by atomic mass is 16.5. The van der Waals surface area contributed by atoms with Crippen LogP contribution in [0.2, 0.25) is 0 Å². The molecular formula is C19H32N2O5. The van der Waals surface area contributed by atoms with Gasteiger partial charge in [-0.1, -0.05) is 12.7 Å². The number of hydrogen-bond donors (Lipinski definition) is 2. The summed E-state index contributed by atoms with van der Waals surface area (Å²) < 4.78 is 10.8. The van der Waals surface area contributed by atoms with Crippen LogP contribution in [-0.2, 0) is 23.9 Å². The maximum atomic E-state index is 11.9. The largest absolute Gasteiger partial charge is 0.461 e. The van der Waals surface area contributed by atoms with Crippen LogP contribution >= 0.6 is 0 Å². The number of hydrogen-bond acceptors (Lipinski definition) is 5. The number of ether oxygens (including phenoxy) is 2. The average Bonchev–Trinajstić information content (AvgIpc) is 2.53. The van der Waals surface area contributed by atoms with Crippen molar-refractivity contribution in [1.82, 2.24) is 10.6 Å². The molecule has 7 heteroatoms. The van der Waals surface area contributed by atoms with Gasteiger partial charge < -0.3 is 20.1 Å². The van der Waals surface area contributed by atoms with E-state index in [0.29, 0.717) is 6.42 Å². The summed E-state index contributed by atoms with van der Waals surface area (Å²) in [5.74, 6) is -1.22. The van der Waals surface area contributed by atoms with Crippen LogP contribution in [0, 0.1) is 0 Å². The first-order chi connectivity index (χ1) is 12.1. The van der Waals surface area contributed by atoms with Gasteiger partial charge in [-0.2, -0.15) is 0 Å². The Kier molecular flexibility index (Phi) is 11.2. The molecule has 0 aliphatic heterocycles. The van der Waals surface area contributed by atoms with Gasteiger partial charge in [0.25, 0.3) is 0 Å². The van der Waals surface area contributed by atoms with Crippen molar-refractivity contribution in [2.45, 2.75) is 78.4 Å². The van der Waals surface area contributed by atoms with Crippen molar-refractivity contribution in [3.05, 3.63) is 24.8 Å². The fourth-order valence-electron chi connectivity index (χ4n) is 1.98. The molecule has 0 heterocycles. The molecule has 0 saturated heterocycles. The van der Waals surface area contributed by atoms with E-state index in [1.165, 1.54) is 13.0 Å². The van der Waals surface area contributed by atoms with Crippen molar-refractivity contribution in [3.63, 3.8) is 0 Å². The smallest absolute Gasteiger partial charge is 0.328 e. The second kappa shape index (κ2) is 12.2. The quantitative estimate of drug-likeness (QED) is 0.429. The molecule has 4 atom stereocenters. The summed E-state index contributed by atoms with van der Waals surface area (Å²) >= 11 is 0. The SMILES string of the molecule is C=CC(=O)N[C@H](C)C(=O)OC(C)C/C=C/C(=O)NC(C)C(C)OC(C)C. The maximum absolute atomic E-state index is 11.9. The molecule has 0 aromatic carbocycles. The predicted octanol–water partition coefficient (Wildman–Crippen LogP) is 1.87. The summed E-state index contributed by atoms with van der Waals surface area (Å²) in [6.45, 7) is 14.2. The zero-order valence-corrected chi connectivity index (χ0v) is 16.6. The Morgan fingerprint density at radius 1 is 1.00 bits per heavy atom. The predicted molar refractivity (Wildman–Crippen MR) is 100 cm³/mol. The van der Waals surface area contributed by atoms with E-state index in [4.69, 9.17) is 9.47 Å². The summed E-state index contributed by atoms with van der Waals surface area (Å²) in [5, 5.41) is 5.26. The molecule has 0 aliphatic rings. The van der Waals surface area contributed by atoms with Crippen LogP contribution in [0.1, 0.15) is 48.0 Å². The normalized spacial score (nSPS) is 15.8. The summed E-state index contributed by atoms with van der Waals surface area (Å²) in [5.41, 5.74) is 0. The molecule has 7 nitrogen and oxygen atoms in total. The average molecular weight is 368 g/mol. The van der Waals surface area contributed by atoms with Gasteiger partial charge >= 0.3 is 5.97 Å². The number of carbonyl (C=O) groups excluding carboxylic acids is 3. The Balaban J connectivity index is 4.26. The number of nitrogens with one attached hydrogen (secondary N) is 2. The van der Waals surface area contributed by atoms with E-state index in [9.17, 15) is 14.4 Å². The Morgan fingerprint density at radius 2 is 1.62 bits per heavy atom. The van der Waals surface area contributed by atoms with Crippen molar-refractivity contribution in [2.75, 3.05) is 0 Å². The van der Waals surface area contributed by atoms with E-state index in [2.05, 4.69) is 17.2 Å². The molecule has 0 aliphatic carbocycles. The van der Waals surface area contributed by atoms with Gasteiger partial charge in [0.2, 0.25) is 11.8 Å². The highest BCUT2D eigenvalue weighted by molar-refractivity contribution is 5.90. The number of carbonyl (C=O) groups is 3. The molecule has 0 fully saturated rings. The summed E-state index contributed by atoms with van der Waals surface area (Å²) in [6, 6.07) is -0.891. The summed E-state index contributed by atoms with van der Waals surface area (Å²) in [6.07, 6.45) is 4.09. The van der Waals surface area contributed by atoms with Crippen molar-refractivity contribution in [3.8, 4) is 0 Å². The van der Waals surface area contributed by atoms with E-state index < -0.39 is 24.0 Å². The van der Waals surface area contributed by atoms with Crippen molar-refractivity contribution in [1.29, 1.82) is 0 Å². The molecule has 3 unspecified atom stereocenters. The van der Waals surface area contributed by atoms with Crippen LogP contribution in [0.4, 0.5) is 0 Å². The second-order valence-corrected chi connectivity index (χ2v) is 6.51. The third kappa shape index (κ3) is 10.7. The van der Waals surface area contributed by atoms with Gasteiger partial charge in [-0.3, -0.25) is 9.59 Å². The van der Waals surface area contributed by atoms with E-state index in [1.807, 2.05) is 27.7 Å². The molecule has 0 aromatic heterocycles. The zero-order valence-electron chi connectivity index (χ0n) is 16.6. The van der Waals surface area contributed by atoms with Crippen LogP contribution in [0.3, 0.4) is 0 Å². The molecule has 0 bridgehead atoms. The minimum atomic E-state index is -0.765. The number of esters is 1. The lowest BCUT2D eigenvalue weighted by Crippen LogP contribution is -2.41.